The van der Waals surface area contributed by atoms with Crippen LogP contribution < -0.4 is 0 Å². The highest BCUT2D eigenvalue weighted by Crippen LogP contribution is 2.22. The van der Waals surface area contributed by atoms with Crippen LogP contribution in [0.2, 0.25) is 0 Å². The maximum absolute atomic E-state index is 12.3. The highest BCUT2D eigenvalue weighted by Gasteiger charge is 2.23. The average molecular weight is 368 g/mol. The Balaban J connectivity index is 2.75. The molecule has 0 atom stereocenters. The monoisotopic (exact) mass is 368 g/mol. The van der Waals surface area contributed by atoms with Crippen LogP contribution in [0.15, 0.2) is 23.3 Å². The van der Waals surface area contributed by atoms with Gasteiger partial charge in [-0.2, -0.15) is 0 Å². The molecule has 0 fully saturated rings. The summed E-state index contributed by atoms with van der Waals surface area (Å²) in [5, 5.41) is 18.5. The van der Waals surface area contributed by atoms with Crippen LogP contribution in [0.1, 0.15) is 53.4 Å². The molecule has 148 valence electrons. The Bertz CT molecular complexity index is 507. The molecule has 0 spiro atoms. The Kier molecular flexibility index (Phi) is 8.50. The smallest absolute Gasteiger partial charge is 0.334 e. The van der Waals surface area contributed by atoms with E-state index in [0.717, 1.165) is 12.8 Å². The van der Waals surface area contributed by atoms with E-state index in [4.69, 9.17) is 9.47 Å². The van der Waals surface area contributed by atoms with E-state index in [-0.39, 0.29) is 26.4 Å². The van der Waals surface area contributed by atoms with E-state index >= 15 is 0 Å². The van der Waals surface area contributed by atoms with Crippen molar-refractivity contribution >= 4 is 11.9 Å². The Morgan fingerprint density at radius 3 is 1.50 bits per heavy atom. The van der Waals surface area contributed by atoms with Crippen molar-refractivity contribution in [2.24, 2.45) is 10.8 Å². The Labute approximate surface area is 155 Å². The number of ether oxygens (including phenoxy) is 2. The molecule has 0 saturated heterocycles. The average Bonchev–Trinajstić information content (AvgIpc) is 2.58. The summed E-state index contributed by atoms with van der Waals surface area (Å²) in [6.45, 7) is 7.38. The van der Waals surface area contributed by atoms with E-state index in [1.807, 2.05) is 27.7 Å². The lowest BCUT2D eigenvalue weighted by Crippen LogP contribution is -2.26. The zero-order valence-corrected chi connectivity index (χ0v) is 16.3. The number of hydrogen-bond acceptors (Lipinski definition) is 6. The summed E-state index contributed by atoms with van der Waals surface area (Å²) in [6.07, 6.45) is 5.99. The van der Waals surface area contributed by atoms with Gasteiger partial charge < -0.3 is 19.7 Å². The topological polar surface area (TPSA) is 93.1 Å². The summed E-state index contributed by atoms with van der Waals surface area (Å²) in [4.78, 5) is 24.5. The van der Waals surface area contributed by atoms with Gasteiger partial charge in [0.15, 0.2) is 0 Å². The predicted molar refractivity (Wildman–Crippen MR) is 98.3 cm³/mol. The molecule has 0 amide bonds. The molecule has 6 heteroatoms. The molecule has 6 nitrogen and oxygen atoms in total. The number of allylic oxidation sites excluding steroid dienone is 2. The van der Waals surface area contributed by atoms with Gasteiger partial charge in [-0.25, -0.2) is 9.59 Å². The van der Waals surface area contributed by atoms with Gasteiger partial charge in [-0.1, -0.05) is 39.8 Å². The third-order valence-electron chi connectivity index (χ3n) is 4.20. The fraction of sp³-hybridized carbons (Fsp3) is 0.700. The molecule has 0 radical (unpaired) electrons. The molecule has 0 aromatic rings. The van der Waals surface area contributed by atoms with Crippen molar-refractivity contribution in [1.82, 2.24) is 0 Å². The van der Waals surface area contributed by atoms with E-state index in [0.29, 0.717) is 24.0 Å². The van der Waals surface area contributed by atoms with Crippen molar-refractivity contribution in [3.8, 4) is 0 Å². The van der Waals surface area contributed by atoms with Crippen molar-refractivity contribution in [3.05, 3.63) is 23.3 Å². The highest BCUT2D eigenvalue weighted by atomic mass is 16.5. The van der Waals surface area contributed by atoms with Crippen LogP contribution in [-0.2, 0) is 19.1 Å². The minimum absolute atomic E-state index is 0.0700. The van der Waals surface area contributed by atoms with Crippen LogP contribution in [0.5, 0.6) is 0 Å². The van der Waals surface area contributed by atoms with Crippen molar-refractivity contribution in [2.75, 3.05) is 26.4 Å². The third-order valence-corrected chi connectivity index (χ3v) is 4.20. The molecule has 1 rings (SSSR count). The highest BCUT2D eigenvalue weighted by molar-refractivity contribution is 5.91. The first-order valence-corrected chi connectivity index (χ1v) is 9.06. The summed E-state index contributed by atoms with van der Waals surface area (Å²) < 4.78 is 10.6. The van der Waals surface area contributed by atoms with Gasteiger partial charge in [0.2, 0.25) is 0 Å². The predicted octanol–water partition coefficient (Wildman–Crippen LogP) is 2.54. The second kappa shape index (κ2) is 9.88. The number of aliphatic hydroxyl groups excluding tert-OH is 2. The lowest BCUT2D eigenvalue weighted by molar-refractivity contribution is -0.144. The summed E-state index contributed by atoms with van der Waals surface area (Å²) in [5.41, 5.74) is 0.0588. The van der Waals surface area contributed by atoms with Crippen LogP contribution >= 0.6 is 0 Å². The Hall–Kier alpha value is -1.66. The molecule has 0 bridgehead atoms. The maximum Gasteiger partial charge on any atom is 0.334 e. The van der Waals surface area contributed by atoms with E-state index in [1.165, 1.54) is 0 Å². The minimum Gasteiger partial charge on any atom is -0.462 e. The van der Waals surface area contributed by atoms with Crippen molar-refractivity contribution < 1.29 is 29.3 Å². The Morgan fingerprint density at radius 1 is 0.846 bits per heavy atom. The number of esters is 2. The number of carbonyl (C=O) groups is 2. The molecular weight excluding hydrogens is 336 g/mol. The molecule has 1 aliphatic carbocycles. The molecule has 2 N–H and O–H groups in total. The number of rotatable bonds is 8. The van der Waals surface area contributed by atoms with Crippen molar-refractivity contribution in [2.45, 2.75) is 53.4 Å². The lowest BCUT2D eigenvalue weighted by Gasteiger charge is -2.22. The normalized spacial score (nSPS) is 20.1. The van der Waals surface area contributed by atoms with Crippen LogP contribution in [-0.4, -0.2) is 48.6 Å². The second-order valence-electron chi connectivity index (χ2n) is 8.39. The SMILES string of the molecule is CC(C)(CO)COC(=O)/C1=C/C=C(/C(=O)OCC(C)(C)CO)CCCC1. The first-order valence-electron chi connectivity index (χ1n) is 9.06. The zero-order valence-electron chi connectivity index (χ0n) is 16.3. The number of aliphatic hydroxyl groups is 2. The number of carbonyl (C=O) groups excluding carboxylic acids is 2. The molecule has 0 aromatic heterocycles. The lowest BCUT2D eigenvalue weighted by atomic mass is 9.96. The first kappa shape index (κ1) is 22.4. The van der Waals surface area contributed by atoms with Gasteiger partial charge in [-0.15, -0.1) is 0 Å². The van der Waals surface area contributed by atoms with E-state index in [9.17, 15) is 19.8 Å². The van der Waals surface area contributed by atoms with Gasteiger partial charge in [-0.05, 0) is 25.7 Å². The van der Waals surface area contributed by atoms with Crippen LogP contribution in [0, 0.1) is 10.8 Å². The fourth-order valence-electron chi connectivity index (χ4n) is 2.14. The summed E-state index contributed by atoms with van der Waals surface area (Å²) in [7, 11) is 0. The molecular formula is C20H32O6. The second-order valence-corrected chi connectivity index (χ2v) is 8.39. The van der Waals surface area contributed by atoms with E-state index < -0.39 is 22.8 Å². The molecule has 0 saturated carbocycles. The molecule has 0 aromatic carbocycles. The largest absolute Gasteiger partial charge is 0.462 e. The van der Waals surface area contributed by atoms with Crippen LogP contribution in [0.25, 0.3) is 0 Å². The fourth-order valence-corrected chi connectivity index (χ4v) is 2.14. The van der Waals surface area contributed by atoms with Crippen molar-refractivity contribution in [3.63, 3.8) is 0 Å². The van der Waals surface area contributed by atoms with Gasteiger partial charge in [0, 0.05) is 22.0 Å². The van der Waals surface area contributed by atoms with Crippen molar-refractivity contribution in [1.29, 1.82) is 0 Å². The minimum atomic E-state index is -0.484. The van der Waals surface area contributed by atoms with Gasteiger partial charge in [0.05, 0.1) is 26.4 Å². The summed E-state index contributed by atoms with van der Waals surface area (Å²) in [5.74, 6) is -0.836. The first-order chi connectivity index (χ1) is 12.1. The molecule has 0 unspecified atom stereocenters. The quantitative estimate of drug-likeness (QED) is 0.640. The van der Waals surface area contributed by atoms with Crippen LogP contribution in [0.3, 0.4) is 0 Å². The molecule has 26 heavy (non-hydrogen) atoms. The van der Waals surface area contributed by atoms with Gasteiger partial charge >= 0.3 is 11.9 Å². The van der Waals surface area contributed by atoms with Gasteiger partial charge in [0.25, 0.3) is 0 Å². The van der Waals surface area contributed by atoms with Gasteiger partial charge in [0.1, 0.15) is 0 Å². The molecule has 0 heterocycles. The van der Waals surface area contributed by atoms with Crippen LogP contribution in [0.4, 0.5) is 0 Å². The standard InChI is InChI=1S/C20H32O6/c1-19(2,11-21)13-25-17(23)15-7-5-6-8-16(10-9-15)18(24)26-14-20(3,4)12-22/h9-10,21-22H,5-8,11-14H2,1-4H3/b15-9+,16-10+. The summed E-state index contributed by atoms with van der Waals surface area (Å²) >= 11 is 0. The number of hydrogen-bond donors (Lipinski definition) is 2. The van der Waals surface area contributed by atoms with Gasteiger partial charge in [-0.3, -0.25) is 0 Å². The molecule has 0 aliphatic heterocycles. The van der Waals surface area contributed by atoms with E-state index in [1.54, 1.807) is 12.2 Å². The Morgan fingerprint density at radius 2 is 1.19 bits per heavy atom. The van der Waals surface area contributed by atoms with E-state index in [2.05, 4.69) is 0 Å². The summed E-state index contributed by atoms with van der Waals surface area (Å²) in [6, 6.07) is 0. The zero-order chi connectivity index (χ0) is 19.8. The maximum atomic E-state index is 12.3. The third kappa shape index (κ3) is 7.70. The molecule has 1 aliphatic rings.